The molecule has 0 saturated carbocycles. The average molecular weight is 190 g/mol. The maximum atomic E-state index is 11.8. The van der Waals surface area contributed by atoms with Crippen molar-refractivity contribution in [1.82, 2.24) is 9.78 Å². The summed E-state index contributed by atoms with van der Waals surface area (Å²) in [5.41, 5.74) is 0.109. The predicted molar refractivity (Wildman–Crippen MR) is 39.8 cm³/mol. The highest BCUT2D eigenvalue weighted by atomic mass is 19.3. The fraction of sp³-hybridized carbons (Fsp3) is 0.429. The quantitative estimate of drug-likeness (QED) is 0.673. The van der Waals surface area contributed by atoms with E-state index in [2.05, 4.69) is 9.84 Å². The Morgan fingerprint density at radius 3 is 2.69 bits per heavy atom. The lowest BCUT2D eigenvalue weighted by atomic mass is 10.3. The SMILES string of the molecule is CC(=O)c1cc(OC(F)F)n(C)n1. The molecule has 0 atom stereocenters. The number of nitrogens with zero attached hydrogens (tertiary/aromatic N) is 2. The third kappa shape index (κ3) is 2.24. The topological polar surface area (TPSA) is 44.1 Å². The largest absolute Gasteiger partial charge is 0.417 e. The van der Waals surface area contributed by atoms with Crippen molar-refractivity contribution in [1.29, 1.82) is 0 Å². The minimum Gasteiger partial charge on any atom is -0.417 e. The summed E-state index contributed by atoms with van der Waals surface area (Å²) in [6, 6.07) is 1.18. The summed E-state index contributed by atoms with van der Waals surface area (Å²) in [7, 11) is 1.42. The molecule has 1 aromatic rings. The van der Waals surface area contributed by atoms with Crippen molar-refractivity contribution in [2.24, 2.45) is 7.05 Å². The molecule has 1 aromatic heterocycles. The lowest BCUT2D eigenvalue weighted by Crippen LogP contribution is -2.06. The molecular formula is C7H8F2N2O2. The van der Waals surface area contributed by atoms with Gasteiger partial charge in [-0.1, -0.05) is 0 Å². The first-order chi connectivity index (χ1) is 6.00. The molecule has 13 heavy (non-hydrogen) atoms. The van der Waals surface area contributed by atoms with Gasteiger partial charge < -0.3 is 4.74 Å². The van der Waals surface area contributed by atoms with Crippen LogP contribution in [0, 0.1) is 0 Å². The van der Waals surface area contributed by atoms with Crippen LogP contribution >= 0.6 is 0 Å². The Balaban J connectivity index is 2.90. The lowest BCUT2D eigenvalue weighted by molar-refractivity contribution is -0.0553. The third-order valence-electron chi connectivity index (χ3n) is 1.41. The second-order valence-corrected chi connectivity index (χ2v) is 2.43. The molecule has 0 spiro atoms. The highest BCUT2D eigenvalue weighted by molar-refractivity contribution is 5.92. The first-order valence-electron chi connectivity index (χ1n) is 3.50. The Kier molecular flexibility index (Phi) is 2.60. The zero-order chi connectivity index (χ0) is 10.0. The summed E-state index contributed by atoms with van der Waals surface area (Å²) in [6.07, 6.45) is 0. The Labute approximate surface area is 73.1 Å². The van der Waals surface area contributed by atoms with E-state index in [1.165, 1.54) is 20.0 Å². The molecule has 4 nitrogen and oxygen atoms in total. The molecule has 0 bridgehead atoms. The van der Waals surface area contributed by atoms with Crippen LogP contribution in [-0.2, 0) is 7.05 Å². The molecule has 0 aliphatic heterocycles. The number of Topliss-reactive ketones (excluding diaryl/α,β-unsaturated/α-hetero) is 1. The number of rotatable bonds is 3. The van der Waals surface area contributed by atoms with E-state index >= 15 is 0 Å². The van der Waals surface area contributed by atoms with E-state index < -0.39 is 6.61 Å². The predicted octanol–water partition coefficient (Wildman–Crippen LogP) is 1.22. The van der Waals surface area contributed by atoms with Crippen LogP contribution in [0.1, 0.15) is 17.4 Å². The van der Waals surface area contributed by atoms with Crippen LogP contribution in [0.4, 0.5) is 8.78 Å². The fourth-order valence-corrected chi connectivity index (χ4v) is 0.824. The minimum atomic E-state index is -2.91. The van der Waals surface area contributed by atoms with Crippen molar-refractivity contribution < 1.29 is 18.3 Å². The van der Waals surface area contributed by atoms with E-state index in [1.807, 2.05) is 0 Å². The van der Waals surface area contributed by atoms with E-state index in [1.54, 1.807) is 0 Å². The van der Waals surface area contributed by atoms with Gasteiger partial charge in [0.05, 0.1) is 0 Å². The van der Waals surface area contributed by atoms with E-state index in [-0.39, 0.29) is 17.4 Å². The number of hydrogen-bond acceptors (Lipinski definition) is 3. The zero-order valence-corrected chi connectivity index (χ0v) is 7.12. The van der Waals surface area contributed by atoms with E-state index in [0.717, 1.165) is 4.68 Å². The van der Waals surface area contributed by atoms with Crippen LogP contribution in [0.15, 0.2) is 6.07 Å². The molecule has 0 aliphatic carbocycles. The van der Waals surface area contributed by atoms with Gasteiger partial charge in [-0.15, -0.1) is 0 Å². The van der Waals surface area contributed by atoms with E-state index in [4.69, 9.17) is 0 Å². The molecular weight excluding hydrogens is 182 g/mol. The van der Waals surface area contributed by atoms with Gasteiger partial charge in [-0.25, -0.2) is 4.68 Å². The van der Waals surface area contributed by atoms with Crippen molar-refractivity contribution in [3.63, 3.8) is 0 Å². The summed E-state index contributed by atoms with van der Waals surface area (Å²) < 4.78 is 28.7. The van der Waals surface area contributed by atoms with Crippen LogP contribution in [0.25, 0.3) is 0 Å². The van der Waals surface area contributed by atoms with Gasteiger partial charge in [0, 0.05) is 20.0 Å². The number of ether oxygens (including phenoxy) is 1. The highest BCUT2D eigenvalue weighted by Gasteiger charge is 2.12. The number of hydrogen-bond donors (Lipinski definition) is 0. The Morgan fingerprint density at radius 2 is 2.31 bits per heavy atom. The van der Waals surface area contributed by atoms with Crippen LogP contribution in [0.3, 0.4) is 0 Å². The van der Waals surface area contributed by atoms with Crippen LogP contribution < -0.4 is 4.74 Å². The van der Waals surface area contributed by atoms with Gasteiger partial charge >= 0.3 is 6.61 Å². The number of ketones is 1. The zero-order valence-electron chi connectivity index (χ0n) is 7.12. The standard InChI is InChI=1S/C7H8F2N2O2/c1-4(12)5-3-6(11(2)10-5)13-7(8)9/h3,7H,1-2H3. The molecule has 0 fully saturated rings. The van der Waals surface area contributed by atoms with Gasteiger partial charge in [0.1, 0.15) is 5.69 Å². The fourth-order valence-electron chi connectivity index (χ4n) is 0.824. The van der Waals surface area contributed by atoms with Crippen molar-refractivity contribution in [2.75, 3.05) is 0 Å². The van der Waals surface area contributed by atoms with Crippen molar-refractivity contribution in [3.8, 4) is 5.88 Å². The Hall–Kier alpha value is -1.46. The summed E-state index contributed by atoms with van der Waals surface area (Å²) in [6.45, 7) is -1.61. The van der Waals surface area contributed by atoms with E-state index in [9.17, 15) is 13.6 Å². The summed E-state index contributed by atoms with van der Waals surface area (Å²) in [5.74, 6) is -0.417. The minimum absolute atomic E-state index is 0.109. The normalized spacial score (nSPS) is 10.5. The molecule has 0 radical (unpaired) electrons. The molecule has 0 unspecified atom stereocenters. The van der Waals surface area contributed by atoms with Crippen molar-refractivity contribution in [2.45, 2.75) is 13.5 Å². The van der Waals surface area contributed by atoms with Gasteiger partial charge in [-0.3, -0.25) is 4.79 Å². The summed E-state index contributed by atoms with van der Waals surface area (Å²) >= 11 is 0. The smallest absolute Gasteiger partial charge is 0.388 e. The van der Waals surface area contributed by atoms with Gasteiger partial charge in [-0.2, -0.15) is 13.9 Å². The number of carbonyl (C=O) groups is 1. The number of carbonyl (C=O) groups excluding carboxylic acids is 1. The Bertz CT molecular complexity index is 322. The maximum absolute atomic E-state index is 11.8. The van der Waals surface area contributed by atoms with E-state index in [0.29, 0.717) is 0 Å². The van der Waals surface area contributed by atoms with Gasteiger partial charge in [0.2, 0.25) is 5.88 Å². The maximum Gasteiger partial charge on any atom is 0.388 e. The third-order valence-corrected chi connectivity index (χ3v) is 1.41. The molecule has 72 valence electrons. The highest BCUT2D eigenvalue weighted by Crippen LogP contribution is 2.14. The first kappa shape index (κ1) is 9.63. The lowest BCUT2D eigenvalue weighted by Gasteiger charge is -2.01. The molecule has 6 heteroatoms. The van der Waals surface area contributed by atoms with Crippen LogP contribution in [0.2, 0.25) is 0 Å². The average Bonchev–Trinajstić information content (AvgIpc) is 2.31. The van der Waals surface area contributed by atoms with Crippen molar-refractivity contribution in [3.05, 3.63) is 11.8 Å². The molecule has 0 amide bonds. The second kappa shape index (κ2) is 3.51. The number of aromatic nitrogens is 2. The molecule has 0 aromatic carbocycles. The summed E-state index contributed by atoms with van der Waals surface area (Å²) in [4.78, 5) is 10.8. The van der Waals surface area contributed by atoms with Gasteiger partial charge in [-0.05, 0) is 0 Å². The number of alkyl halides is 2. The van der Waals surface area contributed by atoms with Gasteiger partial charge in [0.25, 0.3) is 0 Å². The number of halogens is 2. The molecule has 0 N–H and O–H groups in total. The Morgan fingerprint density at radius 1 is 1.69 bits per heavy atom. The first-order valence-corrected chi connectivity index (χ1v) is 3.50. The second-order valence-electron chi connectivity index (χ2n) is 2.43. The molecule has 0 aliphatic rings. The van der Waals surface area contributed by atoms with Gasteiger partial charge in [0.15, 0.2) is 5.78 Å². The molecule has 1 rings (SSSR count). The van der Waals surface area contributed by atoms with Crippen molar-refractivity contribution >= 4 is 5.78 Å². The number of aryl methyl sites for hydroxylation is 1. The molecule has 1 heterocycles. The molecule has 0 saturated heterocycles. The van der Waals surface area contributed by atoms with Crippen LogP contribution in [0.5, 0.6) is 5.88 Å². The summed E-state index contributed by atoms with van der Waals surface area (Å²) in [5, 5.41) is 3.67. The monoisotopic (exact) mass is 190 g/mol. The van der Waals surface area contributed by atoms with Crippen LogP contribution in [-0.4, -0.2) is 22.2 Å².